The van der Waals surface area contributed by atoms with Crippen molar-refractivity contribution < 1.29 is 18.3 Å². The number of hydrogen-bond acceptors (Lipinski definition) is 4. The van der Waals surface area contributed by atoms with Crippen LogP contribution in [-0.4, -0.2) is 25.7 Å². The second-order valence-corrected chi connectivity index (χ2v) is 6.31. The topological polar surface area (TPSA) is 98.5 Å². The van der Waals surface area contributed by atoms with E-state index in [4.69, 9.17) is 0 Å². The molecule has 0 radical (unpaired) electrons. The molecule has 2 aromatic rings. The Kier molecular flexibility index (Phi) is 4.15. The van der Waals surface area contributed by atoms with Crippen molar-refractivity contribution in [1.29, 1.82) is 5.26 Å². The molecule has 0 heterocycles. The molecule has 1 N–H and O–H groups in total. The predicted molar refractivity (Wildman–Crippen MR) is 81.5 cm³/mol. The van der Waals surface area contributed by atoms with E-state index < -0.39 is 16.0 Å². The molecule has 22 heavy (non-hydrogen) atoms. The summed E-state index contributed by atoms with van der Waals surface area (Å²) in [6.07, 6.45) is 0.958. The van der Waals surface area contributed by atoms with Crippen molar-refractivity contribution in [1.82, 2.24) is 0 Å². The molecule has 7 heteroatoms. The lowest BCUT2D eigenvalue weighted by atomic mass is 10.1. The van der Waals surface area contributed by atoms with Gasteiger partial charge in [0, 0.05) is 0 Å². The van der Waals surface area contributed by atoms with E-state index in [9.17, 15) is 23.6 Å². The van der Waals surface area contributed by atoms with E-state index in [1.165, 1.54) is 30.3 Å². The van der Waals surface area contributed by atoms with Gasteiger partial charge in [0.25, 0.3) is 0 Å². The van der Waals surface area contributed by atoms with E-state index in [2.05, 4.69) is 0 Å². The van der Waals surface area contributed by atoms with Gasteiger partial charge in [-0.2, -0.15) is 5.26 Å². The molecule has 0 saturated carbocycles. The Balaban J connectivity index is 2.85. The molecule has 2 rings (SSSR count). The summed E-state index contributed by atoms with van der Waals surface area (Å²) in [6, 6.07) is 13.9. The van der Waals surface area contributed by atoms with Crippen molar-refractivity contribution in [3.05, 3.63) is 59.7 Å². The van der Waals surface area contributed by atoms with Gasteiger partial charge in [-0.1, -0.05) is 24.3 Å². The Bertz CT molecular complexity index is 855. The van der Waals surface area contributed by atoms with Gasteiger partial charge < -0.3 is 5.11 Å². The lowest BCUT2D eigenvalue weighted by molar-refractivity contribution is 0.0698. The summed E-state index contributed by atoms with van der Waals surface area (Å²) in [5.41, 5.74) is -0.191. The number of sulfonamides is 1. The highest BCUT2D eigenvalue weighted by atomic mass is 32.2. The molecular weight excluding hydrogens is 304 g/mol. The van der Waals surface area contributed by atoms with Gasteiger partial charge in [-0.25, -0.2) is 17.5 Å². The first-order chi connectivity index (χ1) is 10.4. The molecule has 0 amide bonds. The van der Waals surface area contributed by atoms with Crippen LogP contribution in [0.4, 0.5) is 11.4 Å². The van der Waals surface area contributed by atoms with Crippen molar-refractivity contribution in [3.63, 3.8) is 0 Å². The van der Waals surface area contributed by atoms with Crippen molar-refractivity contribution in [2.75, 3.05) is 10.6 Å². The van der Waals surface area contributed by atoms with Crippen LogP contribution in [0.5, 0.6) is 0 Å². The molecule has 2 aromatic carbocycles. The maximum absolute atomic E-state index is 12.2. The summed E-state index contributed by atoms with van der Waals surface area (Å²) >= 11 is 0. The summed E-state index contributed by atoms with van der Waals surface area (Å²) in [4.78, 5) is 11.4. The number of aromatic carboxylic acids is 1. The van der Waals surface area contributed by atoms with Crippen LogP contribution in [0.2, 0.25) is 0 Å². The molecule has 6 nitrogen and oxygen atoms in total. The maximum Gasteiger partial charge on any atom is 0.337 e. The molecule has 0 aliphatic rings. The van der Waals surface area contributed by atoms with Crippen molar-refractivity contribution in [3.8, 4) is 6.07 Å². The first kappa shape index (κ1) is 15.5. The van der Waals surface area contributed by atoms with Crippen LogP contribution in [0.25, 0.3) is 0 Å². The minimum Gasteiger partial charge on any atom is -0.478 e. The molecule has 0 aliphatic carbocycles. The van der Waals surface area contributed by atoms with Gasteiger partial charge in [0.05, 0.1) is 28.8 Å². The largest absolute Gasteiger partial charge is 0.478 e. The Morgan fingerprint density at radius 2 is 1.77 bits per heavy atom. The van der Waals surface area contributed by atoms with E-state index in [1.807, 2.05) is 6.07 Å². The third kappa shape index (κ3) is 2.92. The summed E-state index contributed by atoms with van der Waals surface area (Å²) < 4.78 is 25.3. The molecule has 0 fully saturated rings. The highest BCUT2D eigenvalue weighted by Crippen LogP contribution is 2.34. The van der Waals surface area contributed by atoms with Gasteiger partial charge in [0.2, 0.25) is 10.0 Å². The van der Waals surface area contributed by atoms with E-state index in [-0.39, 0.29) is 22.5 Å². The summed E-state index contributed by atoms with van der Waals surface area (Å²) in [7, 11) is -3.84. The summed E-state index contributed by atoms with van der Waals surface area (Å²) in [5.74, 6) is -1.31. The van der Waals surface area contributed by atoms with Crippen LogP contribution in [0.1, 0.15) is 15.9 Å². The normalized spacial score (nSPS) is 10.7. The lowest BCUT2D eigenvalue weighted by Gasteiger charge is -2.24. The number of rotatable bonds is 4. The van der Waals surface area contributed by atoms with Crippen LogP contribution in [0.3, 0.4) is 0 Å². The molecule has 0 unspecified atom stereocenters. The highest BCUT2D eigenvalue weighted by Gasteiger charge is 2.27. The van der Waals surface area contributed by atoms with Gasteiger partial charge in [-0.15, -0.1) is 0 Å². The molecule has 0 bridgehead atoms. The average Bonchev–Trinajstić information content (AvgIpc) is 2.47. The minimum atomic E-state index is -3.84. The van der Waals surface area contributed by atoms with E-state index in [0.29, 0.717) is 0 Å². The third-order valence-corrected chi connectivity index (χ3v) is 3.97. The van der Waals surface area contributed by atoms with Gasteiger partial charge in [-0.3, -0.25) is 0 Å². The Morgan fingerprint density at radius 1 is 1.14 bits per heavy atom. The second kappa shape index (κ2) is 5.87. The van der Waals surface area contributed by atoms with Crippen LogP contribution >= 0.6 is 0 Å². The number of para-hydroxylation sites is 2. The molecular formula is C15H12N2O4S. The first-order valence-corrected chi connectivity index (χ1v) is 8.03. The second-order valence-electron chi connectivity index (χ2n) is 4.48. The fraction of sp³-hybridized carbons (Fsp3) is 0.0667. The Labute approximate surface area is 127 Å². The Hall–Kier alpha value is -2.85. The Morgan fingerprint density at radius 3 is 2.27 bits per heavy atom. The fourth-order valence-corrected chi connectivity index (χ4v) is 3.11. The monoisotopic (exact) mass is 316 g/mol. The zero-order valence-corrected chi connectivity index (χ0v) is 12.4. The number of benzene rings is 2. The molecule has 0 aliphatic heterocycles. The molecule has 0 spiro atoms. The van der Waals surface area contributed by atoms with E-state index in [0.717, 1.165) is 10.6 Å². The number of nitrogens with zero attached hydrogens (tertiary/aromatic N) is 2. The van der Waals surface area contributed by atoms with E-state index in [1.54, 1.807) is 18.2 Å². The summed E-state index contributed by atoms with van der Waals surface area (Å²) in [6.45, 7) is 0. The smallest absolute Gasteiger partial charge is 0.337 e. The molecule has 0 saturated heterocycles. The number of carboxylic acids is 1. The van der Waals surface area contributed by atoms with Crippen molar-refractivity contribution in [2.24, 2.45) is 0 Å². The van der Waals surface area contributed by atoms with Crippen LogP contribution in [0.15, 0.2) is 48.5 Å². The zero-order valence-electron chi connectivity index (χ0n) is 11.6. The van der Waals surface area contributed by atoms with E-state index >= 15 is 0 Å². The zero-order chi connectivity index (χ0) is 16.3. The average molecular weight is 316 g/mol. The minimum absolute atomic E-state index is 0.0332. The predicted octanol–water partition coefficient (Wildman–Crippen LogP) is 2.35. The van der Waals surface area contributed by atoms with Gasteiger partial charge >= 0.3 is 5.97 Å². The third-order valence-electron chi connectivity index (χ3n) is 2.91. The molecule has 0 atom stereocenters. The molecule has 112 valence electrons. The van der Waals surface area contributed by atoms with Crippen LogP contribution in [0, 0.1) is 11.3 Å². The quantitative estimate of drug-likeness (QED) is 0.933. The van der Waals surface area contributed by atoms with Gasteiger partial charge in [-0.05, 0) is 24.3 Å². The first-order valence-electron chi connectivity index (χ1n) is 6.18. The SMILES string of the molecule is CS(=O)(=O)N(c1ccccc1)c1c(C#N)cccc1C(=O)O. The number of anilines is 2. The number of carbonyl (C=O) groups is 1. The van der Waals surface area contributed by atoms with Gasteiger partial charge in [0.1, 0.15) is 6.07 Å². The highest BCUT2D eigenvalue weighted by molar-refractivity contribution is 7.92. The number of nitriles is 1. The summed E-state index contributed by atoms with van der Waals surface area (Å²) in [5, 5.41) is 18.5. The maximum atomic E-state index is 12.2. The number of hydrogen-bond donors (Lipinski definition) is 1. The fourth-order valence-electron chi connectivity index (χ4n) is 2.07. The van der Waals surface area contributed by atoms with Crippen molar-refractivity contribution >= 4 is 27.4 Å². The standard InChI is InChI=1S/C15H12N2O4S/c1-22(20,21)17(12-7-3-2-4-8-12)14-11(10-16)6-5-9-13(14)15(18)19/h2-9H,1H3,(H,18,19). The van der Waals surface area contributed by atoms with Crippen LogP contribution in [-0.2, 0) is 10.0 Å². The van der Waals surface area contributed by atoms with Crippen LogP contribution < -0.4 is 4.31 Å². The van der Waals surface area contributed by atoms with Crippen molar-refractivity contribution in [2.45, 2.75) is 0 Å². The lowest BCUT2D eigenvalue weighted by Crippen LogP contribution is -2.27. The van der Waals surface area contributed by atoms with Gasteiger partial charge in [0.15, 0.2) is 0 Å². The number of carboxylic acid groups (broad SMARTS) is 1. The molecule has 0 aromatic heterocycles.